The number of carbonyl (C=O) groups is 2. The Morgan fingerprint density at radius 3 is 2.32 bits per heavy atom. The molecule has 2 aliphatic rings. The number of ether oxygens (including phenoxy) is 1. The monoisotopic (exact) mass is 424 g/mol. The van der Waals surface area contributed by atoms with E-state index in [2.05, 4.69) is 5.10 Å². The third-order valence-corrected chi connectivity index (χ3v) is 6.57. The number of amides is 2. The van der Waals surface area contributed by atoms with E-state index in [0.717, 1.165) is 44.5 Å². The summed E-state index contributed by atoms with van der Waals surface area (Å²) in [6.45, 7) is 3.43. The van der Waals surface area contributed by atoms with Crippen LogP contribution >= 0.6 is 0 Å². The van der Waals surface area contributed by atoms with Gasteiger partial charge in [0.25, 0.3) is 5.91 Å². The summed E-state index contributed by atoms with van der Waals surface area (Å²) in [5.74, 6) is 1.00. The van der Waals surface area contributed by atoms with Crippen LogP contribution in [0.15, 0.2) is 42.6 Å². The van der Waals surface area contributed by atoms with Gasteiger partial charge in [-0.15, -0.1) is 0 Å². The van der Waals surface area contributed by atoms with E-state index < -0.39 is 0 Å². The number of piperidine rings is 2. The summed E-state index contributed by atoms with van der Waals surface area (Å²) in [6, 6.07) is 11.5. The van der Waals surface area contributed by atoms with Gasteiger partial charge in [0.15, 0.2) is 0 Å². The van der Waals surface area contributed by atoms with Crippen molar-refractivity contribution in [3.63, 3.8) is 0 Å². The SMILES string of the molecule is Cn1ccc(C(=O)N2CCC(COc3ccccc3)(CC(=O)N3CCCCC3)CC2)n1. The first kappa shape index (κ1) is 21.4. The molecule has 7 nitrogen and oxygen atoms in total. The number of rotatable bonds is 6. The average Bonchev–Trinajstić information content (AvgIpc) is 3.25. The second-order valence-corrected chi connectivity index (χ2v) is 8.89. The van der Waals surface area contributed by atoms with Crippen molar-refractivity contribution in [1.82, 2.24) is 19.6 Å². The molecule has 7 heteroatoms. The van der Waals surface area contributed by atoms with Crippen LogP contribution in [0.5, 0.6) is 5.75 Å². The summed E-state index contributed by atoms with van der Waals surface area (Å²) in [6.07, 6.45) is 7.14. The summed E-state index contributed by atoms with van der Waals surface area (Å²) >= 11 is 0. The number of aryl methyl sites for hydroxylation is 1. The van der Waals surface area contributed by atoms with Crippen molar-refractivity contribution in [2.45, 2.75) is 38.5 Å². The van der Waals surface area contributed by atoms with Crippen LogP contribution in [0.25, 0.3) is 0 Å². The Labute approximate surface area is 184 Å². The Kier molecular flexibility index (Phi) is 6.59. The summed E-state index contributed by atoms with van der Waals surface area (Å²) in [5, 5.41) is 4.25. The number of likely N-dealkylation sites (tertiary alicyclic amines) is 2. The largest absolute Gasteiger partial charge is 0.493 e. The molecule has 0 atom stereocenters. The van der Waals surface area contributed by atoms with Gasteiger partial charge < -0.3 is 14.5 Å². The number of aromatic nitrogens is 2. The van der Waals surface area contributed by atoms with E-state index in [1.165, 1.54) is 6.42 Å². The van der Waals surface area contributed by atoms with Crippen LogP contribution in [0, 0.1) is 5.41 Å². The zero-order valence-corrected chi connectivity index (χ0v) is 18.3. The van der Waals surface area contributed by atoms with Crippen LogP contribution < -0.4 is 4.74 Å². The molecule has 2 fully saturated rings. The molecule has 166 valence electrons. The number of hydrogen-bond acceptors (Lipinski definition) is 4. The molecule has 4 rings (SSSR count). The Hall–Kier alpha value is -2.83. The smallest absolute Gasteiger partial charge is 0.274 e. The number of carbonyl (C=O) groups excluding carboxylic acids is 2. The molecule has 0 radical (unpaired) electrons. The average molecular weight is 425 g/mol. The summed E-state index contributed by atoms with van der Waals surface area (Å²) in [4.78, 5) is 29.8. The van der Waals surface area contributed by atoms with Gasteiger partial charge in [0.1, 0.15) is 11.4 Å². The minimum Gasteiger partial charge on any atom is -0.493 e. The minimum absolute atomic E-state index is 0.0412. The van der Waals surface area contributed by atoms with Crippen LogP contribution in [0.3, 0.4) is 0 Å². The number of nitrogens with zero attached hydrogens (tertiary/aromatic N) is 4. The topological polar surface area (TPSA) is 67.7 Å². The zero-order valence-electron chi connectivity index (χ0n) is 18.3. The standard InChI is InChI=1S/C24H32N4O3/c1-26-15-10-21(25-26)23(30)28-16-11-24(12-17-28,19-31-20-8-4-2-5-9-20)18-22(29)27-13-6-3-7-14-27/h2,4-5,8-10,15H,3,6-7,11-14,16-19H2,1H3. The lowest BCUT2D eigenvalue weighted by atomic mass is 9.75. The number of hydrogen-bond donors (Lipinski definition) is 0. The van der Waals surface area contributed by atoms with Gasteiger partial charge in [-0.2, -0.15) is 5.10 Å². The van der Waals surface area contributed by atoms with Crippen molar-refractivity contribution in [2.75, 3.05) is 32.8 Å². The van der Waals surface area contributed by atoms with E-state index in [9.17, 15) is 9.59 Å². The fraction of sp³-hybridized carbons (Fsp3) is 0.542. The lowest BCUT2D eigenvalue weighted by Crippen LogP contribution is -2.48. The molecule has 0 N–H and O–H groups in total. The Bertz CT molecular complexity index is 881. The molecule has 0 spiro atoms. The van der Waals surface area contributed by atoms with Gasteiger partial charge >= 0.3 is 0 Å². The Morgan fingerprint density at radius 1 is 0.968 bits per heavy atom. The first-order chi connectivity index (χ1) is 15.0. The normalized spacial score (nSPS) is 18.6. The summed E-state index contributed by atoms with van der Waals surface area (Å²) in [5.41, 5.74) is 0.213. The molecule has 1 aromatic carbocycles. The van der Waals surface area contributed by atoms with Crippen molar-refractivity contribution >= 4 is 11.8 Å². The molecule has 2 amide bonds. The predicted octanol–water partition coefficient (Wildman–Crippen LogP) is 3.12. The van der Waals surface area contributed by atoms with Crippen LogP contribution in [0.4, 0.5) is 0 Å². The van der Waals surface area contributed by atoms with Gasteiger partial charge in [0.05, 0.1) is 6.61 Å². The third-order valence-electron chi connectivity index (χ3n) is 6.57. The lowest BCUT2D eigenvalue weighted by Gasteiger charge is -2.42. The Morgan fingerprint density at radius 2 is 1.68 bits per heavy atom. The predicted molar refractivity (Wildman–Crippen MR) is 118 cm³/mol. The molecule has 2 aromatic rings. The van der Waals surface area contributed by atoms with E-state index >= 15 is 0 Å². The van der Waals surface area contributed by atoms with Gasteiger partial charge in [-0.05, 0) is 50.3 Å². The maximum Gasteiger partial charge on any atom is 0.274 e. The molecule has 3 heterocycles. The van der Waals surface area contributed by atoms with Crippen molar-refractivity contribution < 1.29 is 14.3 Å². The van der Waals surface area contributed by atoms with Crippen molar-refractivity contribution in [3.05, 3.63) is 48.3 Å². The molecule has 2 saturated heterocycles. The van der Waals surface area contributed by atoms with E-state index in [-0.39, 0.29) is 17.2 Å². The molecule has 31 heavy (non-hydrogen) atoms. The second kappa shape index (κ2) is 9.54. The van der Waals surface area contributed by atoms with Gasteiger partial charge in [0.2, 0.25) is 5.91 Å². The van der Waals surface area contributed by atoms with Gasteiger partial charge in [-0.3, -0.25) is 14.3 Å². The van der Waals surface area contributed by atoms with E-state index in [0.29, 0.717) is 31.8 Å². The van der Waals surface area contributed by atoms with Crippen molar-refractivity contribution in [2.24, 2.45) is 12.5 Å². The highest BCUT2D eigenvalue weighted by atomic mass is 16.5. The fourth-order valence-electron chi connectivity index (χ4n) is 4.58. The molecule has 0 bridgehead atoms. The van der Waals surface area contributed by atoms with Crippen LogP contribution in [0.2, 0.25) is 0 Å². The maximum absolute atomic E-state index is 13.1. The fourth-order valence-corrected chi connectivity index (χ4v) is 4.58. The van der Waals surface area contributed by atoms with Crippen LogP contribution in [-0.2, 0) is 11.8 Å². The lowest BCUT2D eigenvalue weighted by molar-refractivity contribution is -0.136. The maximum atomic E-state index is 13.1. The Balaban J connectivity index is 1.43. The highest BCUT2D eigenvalue weighted by molar-refractivity contribution is 5.92. The van der Waals surface area contributed by atoms with Crippen molar-refractivity contribution in [3.8, 4) is 5.75 Å². The van der Waals surface area contributed by atoms with Crippen molar-refractivity contribution in [1.29, 1.82) is 0 Å². The zero-order chi connectivity index (χ0) is 21.7. The number of benzene rings is 1. The highest BCUT2D eigenvalue weighted by Gasteiger charge is 2.40. The van der Waals surface area contributed by atoms with E-state index in [4.69, 9.17) is 4.74 Å². The third kappa shape index (κ3) is 5.27. The quantitative estimate of drug-likeness (QED) is 0.715. The minimum atomic E-state index is -0.259. The highest BCUT2D eigenvalue weighted by Crippen LogP contribution is 2.37. The second-order valence-electron chi connectivity index (χ2n) is 8.89. The van der Waals surface area contributed by atoms with E-state index in [1.807, 2.05) is 47.2 Å². The number of para-hydroxylation sites is 1. The van der Waals surface area contributed by atoms with Crippen LogP contribution in [0.1, 0.15) is 49.0 Å². The first-order valence-electron chi connectivity index (χ1n) is 11.3. The first-order valence-corrected chi connectivity index (χ1v) is 11.3. The molecule has 0 saturated carbocycles. The van der Waals surface area contributed by atoms with Crippen LogP contribution in [-0.4, -0.2) is 64.2 Å². The molecule has 2 aliphatic heterocycles. The summed E-state index contributed by atoms with van der Waals surface area (Å²) in [7, 11) is 1.81. The molecule has 0 aliphatic carbocycles. The molecule has 0 unspecified atom stereocenters. The van der Waals surface area contributed by atoms with Gasteiger partial charge in [0, 0.05) is 51.3 Å². The summed E-state index contributed by atoms with van der Waals surface area (Å²) < 4.78 is 7.78. The van der Waals surface area contributed by atoms with Gasteiger partial charge in [-0.1, -0.05) is 18.2 Å². The van der Waals surface area contributed by atoms with E-state index in [1.54, 1.807) is 16.9 Å². The molecule has 1 aromatic heterocycles. The van der Waals surface area contributed by atoms with Gasteiger partial charge in [-0.25, -0.2) is 0 Å². The molecular formula is C24H32N4O3. The molecular weight excluding hydrogens is 392 g/mol.